The standard InChI is InChI=1S/C51H90O20P2/c1-3-5-7-8-9-10-11-12-13-14-15-16-17-18-19-20-21-22-28-32-44(55)68-39-36-66-43(54)31-27-24-23-26-30-40-41(53)35-45(56)69-42(34-33-38(52)29-25-6-4-2)47(58)50(70-72(61,62)63)51(49(60)48(59)46(40)57)71-73(64,65)67-37-39/h9-10,12-13,23,26,33-34,38-42,45-53,56-60H,3-8,11,14-22,24-25,27-32,35-37H2,1-2H3,(H,64,65)(H2,61,62,63)/b10-9-,13-12-,26-23?,34-33+/t38-,39+,40-,41-,42+,45?,46+,47+,48-,49+,50+,51-/m0/s1. The highest BCUT2D eigenvalue weighted by Crippen LogP contribution is 2.49. The molecule has 73 heavy (non-hydrogen) atoms. The van der Waals surface area contributed by atoms with Gasteiger partial charge in [0.05, 0.1) is 24.9 Å². The summed E-state index contributed by atoms with van der Waals surface area (Å²) in [5.41, 5.74) is 0. The van der Waals surface area contributed by atoms with Crippen molar-refractivity contribution in [2.45, 2.75) is 242 Å². The number of fused-ring (bicyclic) bond motifs is 4. The molecule has 0 radical (unpaired) electrons. The van der Waals surface area contributed by atoms with Gasteiger partial charge >= 0.3 is 27.6 Å². The lowest BCUT2D eigenvalue weighted by atomic mass is 9.83. The zero-order chi connectivity index (χ0) is 54.1. The van der Waals surface area contributed by atoms with Crippen molar-refractivity contribution in [1.82, 2.24) is 0 Å². The molecular formula is C51H90O20P2. The van der Waals surface area contributed by atoms with Gasteiger partial charge in [0.2, 0.25) is 0 Å². The van der Waals surface area contributed by atoms with E-state index in [0.29, 0.717) is 12.8 Å². The second-order valence-corrected chi connectivity index (χ2v) is 21.7. The van der Waals surface area contributed by atoms with Crippen molar-refractivity contribution in [2.75, 3.05) is 13.2 Å². The van der Waals surface area contributed by atoms with Gasteiger partial charge < -0.3 is 64.6 Å². The summed E-state index contributed by atoms with van der Waals surface area (Å²) in [6.45, 7) is 2.52. The summed E-state index contributed by atoms with van der Waals surface area (Å²) in [5, 5.41) is 79.2. The normalized spacial score (nSPS) is 30.5. The number of carbonyl (C=O) groups excluding carboxylic acids is 2. The van der Waals surface area contributed by atoms with E-state index in [0.717, 1.165) is 89.2 Å². The third-order valence-corrected chi connectivity index (χ3v) is 14.2. The first-order valence-electron chi connectivity index (χ1n) is 26.6. The summed E-state index contributed by atoms with van der Waals surface area (Å²) < 4.78 is 58.0. The number of unbranched alkanes of at least 4 members (excludes halogenated alkanes) is 14. The number of allylic oxidation sites excluding steroid dienone is 6. The van der Waals surface area contributed by atoms with Gasteiger partial charge in [0, 0.05) is 25.2 Å². The van der Waals surface area contributed by atoms with E-state index in [1.54, 1.807) is 6.08 Å². The number of rotatable bonds is 27. The van der Waals surface area contributed by atoms with Crippen LogP contribution in [-0.4, -0.2) is 143 Å². The number of carbonyl (C=O) groups is 2. The molecule has 0 aromatic carbocycles. The summed E-state index contributed by atoms with van der Waals surface area (Å²) >= 11 is 0. The summed E-state index contributed by atoms with van der Waals surface area (Å²) in [6, 6.07) is 0. The number of hydrogen-bond acceptors (Lipinski definition) is 17. The average molecular weight is 1090 g/mol. The highest BCUT2D eigenvalue weighted by Gasteiger charge is 2.50. The molecule has 1 saturated heterocycles. The fraction of sp³-hybridized carbons (Fsp3) is 0.804. The largest absolute Gasteiger partial charge is 0.472 e. The zero-order valence-electron chi connectivity index (χ0n) is 43.1. The lowest BCUT2D eigenvalue weighted by Crippen LogP contribution is -2.58. The van der Waals surface area contributed by atoms with Crippen LogP contribution in [0, 0.1) is 5.92 Å². The minimum atomic E-state index is -5.80. The number of esters is 2. The van der Waals surface area contributed by atoms with Gasteiger partial charge in [-0.3, -0.25) is 23.2 Å². The van der Waals surface area contributed by atoms with Gasteiger partial charge in [0.1, 0.15) is 43.2 Å². The van der Waals surface area contributed by atoms with Crippen LogP contribution in [0.3, 0.4) is 0 Å². The Hall–Kier alpha value is -2.20. The van der Waals surface area contributed by atoms with E-state index in [1.807, 2.05) is 6.92 Å². The Balaban J connectivity index is 2.24. The Labute approximate surface area is 432 Å². The zero-order valence-corrected chi connectivity index (χ0v) is 44.9. The van der Waals surface area contributed by atoms with Crippen LogP contribution in [0.4, 0.5) is 0 Å². The molecule has 20 nitrogen and oxygen atoms in total. The number of cyclic esters (lactones) is 1. The van der Waals surface area contributed by atoms with Gasteiger partial charge in [0.15, 0.2) is 12.4 Å². The maximum Gasteiger partial charge on any atom is 0.472 e. The maximum absolute atomic E-state index is 13.8. The minimum Gasteiger partial charge on any atom is -0.462 e. The fourth-order valence-corrected chi connectivity index (χ4v) is 9.98. The molecule has 0 aromatic rings. The van der Waals surface area contributed by atoms with Crippen molar-refractivity contribution < 1.29 is 96.9 Å². The van der Waals surface area contributed by atoms with Gasteiger partial charge in [0.25, 0.3) is 0 Å². The smallest absolute Gasteiger partial charge is 0.462 e. The fourth-order valence-electron chi connectivity index (χ4n) is 8.45. The molecule has 424 valence electrons. The van der Waals surface area contributed by atoms with Crippen molar-refractivity contribution >= 4 is 27.6 Å². The van der Waals surface area contributed by atoms with Crippen molar-refractivity contribution in [3.8, 4) is 0 Å². The second-order valence-electron chi connectivity index (χ2n) is 19.1. The van der Waals surface area contributed by atoms with E-state index in [1.165, 1.54) is 31.8 Å². The Morgan fingerprint density at radius 1 is 0.808 bits per heavy atom. The molecule has 1 fully saturated rings. The van der Waals surface area contributed by atoms with Crippen LogP contribution in [0.2, 0.25) is 0 Å². The van der Waals surface area contributed by atoms with Gasteiger partial charge in [-0.2, -0.15) is 0 Å². The quantitative estimate of drug-likeness (QED) is 0.0172. The Kier molecular flexibility index (Phi) is 35.2. The molecule has 10 N–H and O–H groups in total. The van der Waals surface area contributed by atoms with Gasteiger partial charge in [-0.25, -0.2) is 9.13 Å². The number of ether oxygens (including phenoxy) is 3. The topological polar surface area (TPSA) is 326 Å². The number of phosphoric ester groups is 2. The van der Waals surface area contributed by atoms with E-state index >= 15 is 0 Å². The Morgan fingerprint density at radius 3 is 2.07 bits per heavy atom. The molecule has 0 aromatic heterocycles. The molecule has 2 unspecified atom stereocenters. The van der Waals surface area contributed by atoms with Crippen molar-refractivity contribution in [3.05, 3.63) is 48.6 Å². The van der Waals surface area contributed by atoms with Gasteiger partial charge in [-0.15, -0.1) is 0 Å². The summed E-state index contributed by atoms with van der Waals surface area (Å²) in [4.78, 5) is 57.0. The van der Waals surface area contributed by atoms with E-state index < -0.39 is 120 Å². The third kappa shape index (κ3) is 30.4. The van der Waals surface area contributed by atoms with E-state index in [4.69, 9.17) is 27.8 Å². The predicted molar refractivity (Wildman–Crippen MR) is 272 cm³/mol. The van der Waals surface area contributed by atoms with Gasteiger partial charge in [-0.05, 0) is 64.2 Å². The van der Waals surface area contributed by atoms with Crippen LogP contribution in [-0.2, 0) is 46.5 Å². The molecule has 2 aliphatic heterocycles. The summed E-state index contributed by atoms with van der Waals surface area (Å²) in [6.07, 6.45) is 8.24. The first-order chi connectivity index (χ1) is 34.8. The first kappa shape index (κ1) is 66.9. The van der Waals surface area contributed by atoms with Crippen LogP contribution in [0.25, 0.3) is 0 Å². The van der Waals surface area contributed by atoms with E-state index in [9.17, 15) is 69.1 Å². The first-order valence-corrected chi connectivity index (χ1v) is 29.6. The van der Waals surface area contributed by atoms with E-state index in [2.05, 4.69) is 31.2 Å². The Bertz CT molecular complexity index is 1710. The molecule has 0 saturated carbocycles. The molecule has 2 aliphatic rings. The molecule has 22 heteroatoms. The van der Waals surface area contributed by atoms with Crippen LogP contribution in [0.15, 0.2) is 48.6 Å². The lowest BCUT2D eigenvalue weighted by Gasteiger charge is -2.41. The van der Waals surface area contributed by atoms with Crippen LogP contribution >= 0.6 is 15.6 Å². The van der Waals surface area contributed by atoms with Crippen molar-refractivity contribution in [2.24, 2.45) is 5.92 Å². The summed E-state index contributed by atoms with van der Waals surface area (Å²) in [5.74, 6) is -2.89. The Morgan fingerprint density at radius 2 is 1.42 bits per heavy atom. The van der Waals surface area contributed by atoms with Crippen LogP contribution in [0.5, 0.6) is 0 Å². The summed E-state index contributed by atoms with van der Waals surface area (Å²) in [7, 11) is -11.5. The third-order valence-electron chi connectivity index (χ3n) is 12.7. The monoisotopic (exact) mass is 1080 g/mol. The van der Waals surface area contributed by atoms with Crippen LogP contribution < -0.4 is 0 Å². The molecule has 0 aliphatic carbocycles. The molecule has 2 rings (SSSR count). The number of aliphatic hydroxyl groups excluding tert-OH is 7. The average Bonchev–Trinajstić information content (AvgIpc) is 3.33. The number of phosphoric acid groups is 2. The highest BCUT2D eigenvalue weighted by atomic mass is 31.2. The number of hydrogen-bond donors (Lipinski definition) is 10. The second kappa shape index (κ2) is 38.4. The molecule has 2 bridgehead atoms. The molecule has 0 amide bonds. The molecule has 2 heterocycles. The van der Waals surface area contributed by atoms with E-state index in [-0.39, 0.29) is 38.5 Å². The molecule has 13 atom stereocenters. The maximum atomic E-state index is 13.8. The van der Waals surface area contributed by atoms with Crippen molar-refractivity contribution in [1.29, 1.82) is 0 Å². The molecular weight excluding hydrogens is 994 g/mol. The van der Waals surface area contributed by atoms with Gasteiger partial charge in [-0.1, -0.05) is 140 Å². The highest BCUT2D eigenvalue weighted by molar-refractivity contribution is 7.47. The minimum absolute atomic E-state index is 0.0438. The number of aliphatic hydroxyl groups is 7. The SMILES string of the molecule is CCCCC/C=C\C/C=C\CCCCCCCCCCCC(=O)O[C@@H]1COC(=O)CCCC=CC[C@@H]2[C@@H](O)[C@H](O)[C@@H](O)[C@H](OP(=O)(O)OC1)[C@H](OP(=O)(O)O)[C@H](O)[C@@H](/C=C/[C@@H](O)CCCCC)OC(O)C[C@@H]2O. The van der Waals surface area contributed by atoms with Crippen molar-refractivity contribution in [3.63, 3.8) is 0 Å². The molecule has 0 spiro atoms. The predicted octanol–water partition coefficient (Wildman–Crippen LogP) is 6.95. The van der Waals surface area contributed by atoms with Crippen LogP contribution in [0.1, 0.15) is 174 Å². The lowest BCUT2D eigenvalue weighted by molar-refractivity contribution is -0.210.